The molecule has 1 aliphatic rings. The van der Waals surface area contributed by atoms with Crippen LogP contribution in [-0.4, -0.2) is 16.9 Å². The van der Waals surface area contributed by atoms with Crippen LogP contribution < -0.4 is 4.74 Å². The van der Waals surface area contributed by atoms with E-state index >= 15 is 0 Å². The van der Waals surface area contributed by atoms with E-state index in [1.807, 2.05) is 29.6 Å². The fourth-order valence-electron chi connectivity index (χ4n) is 3.56. The van der Waals surface area contributed by atoms with Crippen LogP contribution in [-0.2, 0) is 16.1 Å². The minimum atomic E-state index is -0.431. The third-order valence-electron chi connectivity index (χ3n) is 4.77. The van der Waals surface area contributed by atoms with Gasteiger partial charge in [0.15, 0.2) is 5.90 Å². The molecule has 5 nitrogen and oxygen atoms in total. The third kappa shape index (κ3) is 4.91. The molecule has 1 atom stereocenters. The molecular formula is C20H24N2O3S. The van der Waals surface area contributed by atoms with Gasteiger partial charge >= 0.3 is 5.97 Å². The van der Waals surface area contributed by atoms with E-state index in [-0.39, 0.29) is 11.8 Å². The summed E-state index contributed by atoms with van der Waals surface area (Å²) in [7, 11) is 0. The van der Waals surface area contributed by atoms with Gasteiger partial charge in [-0.25, -0.2) is 4.98 Å². The summed E-state index contributed by atoms with van der Waals surface area (Å²) < 4.78 is 10.9. The molecule has 0 radical (unpaired) electrons. The highest BCUT2D eigenvalue weighted by Gasteiger charge is 2.30. The maximum absolute atomic E-state index is 11.3. The number of ether oxygens (including phenoxy) is 2. The molecule has 1 aromatic carbocycles. The predicted octanol–water partition coefficient (Wildman–Crippen LogP) is 4.93. The Labute approximate surface area is 157 Å². The van der Waals surface area contributed by atoms with Crippen molar-refractivity contribution in [1.29, 1.82) is 5.41 Å². The summed E-state index contributed by atoms with van der Waals surface area (Å²) in [4.78, 5) is 15.5. The first-order valence-electron chi connectivity index (χ1n) is 9.00. The molecule has 0 amide bonds. The summed E-state index contributed by atoms with van der Waals surface area (Å²) in [5.41, 5.74) is 3.71. The number of carbonyl (C=O) groups excluding carboxylic acids is 1. The zero-order valence-electron chi connectivity index (χ0n) is 14.9. The van der Waals surface area contributed by atoms with Crippen molar-refractivity contribution in [2.45, 2.75) is 51.6 Å². The van der Waals surface area contributed by atoms with Gasteiger partial charge in [0.2, 0.25) is 0 Å². The SMILES string of the molecule is CC(=O)OC(=N)C(c1ccc(OCc2cscn2)cc1)C1CCCCC1. The number of hydrogen-bond acceptors (Lipinski definition) is 6. The van der Waals surface area contributed by atoms with Gasteiger partial charge in [0, 0.05) is 12.3 Å². The monoisotopic (exact) mass is 372 g/mol. The van der Waals surface area contributed by atoms with Crippen LogP contribution in [0.2, 0.25) is 0 Å². The van der Waals surface area contributed by atoms with E-state index < -0.39 is 5.97 Å². The Balaban J connectivity index is 1.72. The molecule has 138 valence electrons. The number of thiazole rings is 1. The molecule has 26 heavy (non-hydrogen) atoms. The molecule has 6 heteroatoms. The van der Waals surface area contributed by atoms with Crippen molar-refractivity contribution >= 4 is 23.2 Å². The quantitative estimate of drug-likeness (QED) is 0.443. The van der Waals surface area contributed by atoms with Gasteiger partial charge in [-0.2, -0.15) is 0 Å². The Morgan fingerprint density at radius 3 is 2.62 bits per heavy atom. The Bertz CT molecular complexity index is 722. The molecule has 1 unspecified atom stereocenters. The standard InChI is InChI=1S/C20H24N2O3S/c1-14(23)25-20(21)19(15-5-3-2-4-6-15)16-7-9-18(10-8-16)24-11-17-12-26-13-22-17/h7-10,12-13,15,19,21H,2-6,11H2,1H3. The topological polar surface area (TPSA) is 72.3 Å². The lowest BCUT2D eigenvalue weighted by Gasteiger charge is -2.30. The van der Waals surface area contributed by atoms with Gasteiger partial charge in [-0.3, -0.25) is 10.2 Å². The van der Waals surface area contributed by atoms with Gasteiger partial charge < -0.3 is 9.47 Å². The second-order valence-corrected chi connectivity index (χ2v) is 7.39. The number of aromatic nitrogens is 1. The predicted molar refractivity (Wildman–Crippen MR) is 102 cm³/mol. The van der Waals surface area contributed by atoms with E-state index in [1.54, 1.807) is 16.8 Å². The van der Waals surface area contributed by atoms with Crippen LogP contribution in [0.25, 0.3) is 0 Å². The first-order valence-corrected chi connectivity index (χ1v) is 9.94. The van der Waals surface area contributed by atoms with Crippen molar-refractivity contribution in [3.63, 3.8) is 0 Å². The number of rotatable bonds is 6. The first kappa shape index (κ1) is 18.6. The zero-order chi connectivity index (χ0) is 18.4. The van der Waals surface area contributed by atoms with Gasteiger partial charge in [-0.1, -0.05) is 31.4 Å². The summed E-state index contributed by atoms with van der Waals surface area (Å²) in [6, 6.07) is 7.79. The van der Waals surface area contributed by atoms with Crippen molar-refractivity contribution in [2.24, 2.45) is 5.92 Å². The van der Waals surface area contributed by atoms with E-state index in [4.69, 9.17) is 14.9 Å². The molecule has 1 aromatic heterocycles. The van der Waals surface area contributed by atoms with Gasteiger partial charge in [0.25, 0.3) is 0 Å². The summed E-state index contributed by atoms with van der Waals surface area (Å²) in [5, 5.41) is 10.3. The summed E-state index contributed by atoms with van der Waals surface area (Å²) in [6.45, 7) is 1.79. The van der Waals surface area contributed by atoms with E-state index in [0.717, 1.165) is 29.8 Å². The molecule has 1 aliphatic carbocycles. The fraction of sp³-hybridized carbons (Fsp3) is 0.450. The number of carbonyl (C=O) groups is 1. The molecule has 1 N–H and O–H groups in total. The first-order chi connectivity index (χ1) is 12.6. The van der Waals surface area contributed by atoms with Crippen LogP contribution in [0.15, 0.2) is 35.2 Å². The van der Waals surface area contributed by atoms with Crippen molar-refractivity contribution in [2.75, 3.05) is 0 Å². The van der Waals surface area contributed by atoms with Crippen LogP contribution >= 0.6 is 11.3 Å². The molecule has 2 aromatic rings. The maximum Gasteiger partial charge on any atom is 0.309 e. The van der Waals surface area contributed by atoms with Gasteiger partial charge in [0.1, 0.15) is 12.4 Å². The normalized spacial score (nSPS) is 16.0. The second-order valence-electron chi connectivity index (χ2n) is 6.67. The minimum Gasteiger partial charge on any atom is -0.487 e. The minimum absolute atomic E-state index is 0.0561. The number of esters is 1. The largest absolute Gasteiger partial charge is 0.487 e. The number of benzene rings is 1. The van der Waals surface area contributed by atoms with Crippen molar-refractivity contribution < 1.29 is 14.3 Å². The molecule has 0 bridgehead atoms. The van der Waals surface area contributed by atoms with Gasteiger partial charge in [0.05, 0.1) is 17.1 Å². The molecule has 3 rings (SSSR count). The smallest absolute Gasteiger partial charge is 0.309 e. The molecule has 1 heterocycles. The average molecular weight is 372 g/mol. The Kier molecular flexibility index (Phi) is 6.39. The summed E-state index contributed by atoms with van der Waals surface area (Å²) >= 11 is 1.55. The van der Waals surface area contributed by atoms with Crippen LogP contribution in [0, 0.1) is 11.3 Å². The maximum atomic E-state index is 11.3. The van der Waals surface area contributed by atoms with Gasteiger partial charge in [-0.15, -0.1) is 11.3 Å². The van der Waals surface area contributed by atoms with E-state index in [2.05, 4.69) is 4.98 Å². The molecule has 0 saturated heterocycles. The van der Waals surface area contributed by atoms with Crippen LogP contribution in [0.3, 0.4) is 0 Å². The van der Waals surface area contributed by atoms with E-state index in [9.17, 15) is 4.79 Å². The summed E-state index contributed by atoms with van der Waals surface area (Å²) in [6.07, 6.45) is 5.72. The molecule has 1 saturated carbocycles. The van der Waals surface area contributed by atoms with Gasteiger partial charge in [-0.05, 0) is 36.5 Å². The lowest BCUT2D eigenvalue weighted by Crippen LogP contribution is -2.26. The molecule has 0 spiro atoms. The Hall–Kier alpha value is -2.21. The molecule has 0 aliphatic heterocycles. The second kappa shape index (κ2) is 8.94. The van der Waals surface area contributed by atoms with Crippen molar-refractivity contribution in [3.8, 4) is 5.75 Å². The highest BCUT2D eigenvalue weighted by molar-refractivity contribution is 7.07. The Morgan fingerprint density at radius 1 is 1.27 bits per heavy atom. The van der Waals surface area contributed by atoms with Crippen molar-refractivity contribution in [3.05, 3.63) is 46.4 Å². The lowest BCUT2D eigenvalue weighted by atomic mass is 9.76. The van der Waals surface area contributed by atoms with Crippen LogP contribution in [0.5, 0.6) is 5.75 Å². The highest BCUT2D eigenvalue weighted by Crippen LogP contribution is 2.37. The Morgan fingerprint density at radius 2 is 2.00 bits per heavy atom. The van der Waals surface area contributed by atoms with Crippen LogP contribution in [0.4, 0.5) is 0 Å². The highest BCUT2D eigenvalue weighted by atomic mass is 32.1. The average Bonchev–Trinajstić information content (AvgIpc) is 3.15. The number of hydrogen-bond donors (Lipinski definition) is 1. The summed E-state index contributed by atoms with van der Waals surface area (Å²) in [5.74, 6) is 0.562. The lowest BCUT2D eigenvalue weighted by molar-refractivity contribution is -0.133. The van der Waals surface area contributed by atoms with E-state index in [0.29, 0.717) is 12.5 Å². The zero-order valence-corrected chi connectivity index (χ0v) is 15.8. The van der Waals surface area contributed by atoms with Crippen molar-refractivity contribution in [1.82, 2.24) is 4.98 Å². The molecule has 1 fully saturated rings. The number of nitrogens with one attached hydrogen (secondary N) is 1. The molecular weight excluding hydrogens is 348 g/mol. The number of nitrogens with zero attached hydrogens (tertiary/aromatic N) is 1. The fourth-order valence-corrected chi connectivity index (χ4v) is 4.10. The van der Waals surface area contributed by atoms with Crippen LogP contribution in [0.1, 0.15) is 56.2 Å². The third-order valence-corrected chi connectivity index (χ3v) is 5.40. The van der Waals surface area contributed by atoms with E-state index in [1.165, 1.54) is 26.2 Å².